The lowest BCUT2D eigenvalue weighted by Gasteiger charge is -2.36. The molecule has 1 aliphatic heterocycles. The number of amides is 2. The van der Waals surface area contributed by atoms with Gasteiger partial charge >= 0.3 is 0 Å². The maximum absolute atomic E-state index is 12.8. The average Bonchev–Trinajstić information content (AvgIpc) is 2.60. The smallest absolute Gasteiger partial charge is 0.239 e. The summed E-state index contributed by atoms with van der Waals surface area (Å²) in [5.41, 5.74) is -0.569. The third-order valence-electron chi connectivity index (χ3n) is 4.69. The molecule has 1 heterocycles. The van der Waals surface area contributed by atoms with Gasteiger partial charge in [0.15, 0.2) is 11.5 Å². The Morgan fingerprint density at radius 2 is 1.88 bits per heavy atom. The minimum Gasteiger partial charge on any atom is -0.493 e. The first-order valence-corrected chi connectivity index (χ1v) is 8.62. The minimum absolute atomic E-state index is 0.128. The normalized spacial score (nSPS) is 17.8. The van der Waals surface area contributed by atoms with Gasteiger partial charge in [0.2, 0.25) is 11.8 Å². The summed E-state index contributed by atoms with van der Waals surface area (Å²) in [6, 6.07) is 5.12. The molecule has 1 aliphatic rings. The van der Waals surface area contributed by atoms with Crippen molar-refractivity contribution in [3.8, 4) is 11.5 Å². The number of likely N-dealkylation sites (tertiary alicyclic amines) is 1. The second-order valence-corrected chi connectivity index (χ2v) is 7.15. The van der Waals surface area contributed by atoms with E-state index >= 15 is 0 Å². The van der Waals surface area contributed by atoms with Crippen LogP contribution in [0.4, 0.5) is 5.69 Å². The Hall–Kier alpha value is -2.24. The molecule has 1 saturated heterocycles. The van der Waals surface area contributed by atoms with Crippen molar-refractivity contribution < 1.29 is 19.1 Å². The topological polar surface area (TPSA) is 67.9 Å². The Balaban J connectivity index is 2.11. The fraction of sp³-hybridized carbons (Fsp3) is 0.579. The minimum atomic E-state index is -1.13. The summed E-state index contributed by atoms with van der Waals surface area (Å²) < 4.78 is 10.4. The Bertz CT molecular complexity index is 642. The van der Waals surface area contributed by atoms with Gasteiger partial charge in [-0.1, -0.05) is 6.92 Å². The predicted octanol–water partition coefficient (Wildman–Crippen LogP) is 2.93. The highest BCUT2D eigenvalue weighted by Crippen LogP contribution is 2.31. The average molecular weight is 348 g/mol. The first kappa shape index (κ1) is 19.1. The third-order valence-corrected chi connectivity index (χ3v) is 4.69. The molecule has 0 aromatic heterocycles. The van der Waals surface area contributed by atoms with Gasteiger partial charge in [-0.3, -0.25) is 9.59 Å². The third kappa shape index (κ3) is 4.24. The SMILES string of the molecule is COc1ccc(NC(=O)C(C)(C)C(=O)N2CCCC(C)C2)cc1OC. The second-order valence-electron chi connectivity index (χ2n) is 7.15. The van der Waals surface area contributed by atoms with Crippen LogP contribution in [0.1, 0.15) is 33.6 Å². The molecular formula is C19H28N2O4. The molecule has 6 nitrogen and oxygen atoms in total. The Kier molecular flexibility index (Phi) is 5.93. The van der Waals surface area contributed by atoms with Crippen molar-refractivity contribution in [1.82, 2.24) is 4.90 Å². The number of nitrogens with one attached hydrogen (secondary N) is 1. The van der Waals surface area contributed by atoms with Gasteiger partial charge in [-0.25, -0.2) is 0 Å². The lowest BCUT2D eigenvalue weighted by atomic mass is 9.88. The van der Waals surface area contributed by atoms with E-state index in [0.29, 0.717) is 29.6 Å². The van der Waals surface area contributed by atoms with Crippen molar-refractivity contribution in [2.24, 2.45) is 11.3 Å². The van der Waals surface area contributed by atoms with Gasteiger partial charge in [0, 0.05) is 24.8 Å². The molecule has 138 valence electrons. The number of piperidine rings is 1. The van der Waals surface area contributed by atoms with E-state index in [1.165, 1.54) is 7.11 Å². The van der Waals surface area contributed by atoms with Crippen molar-refractivity contribution in [3.63, 3.8) is 0 Å². The van der Waals surface area contributed by atoms with E-state index in [1.807, 2.05) is 4.90 Å². The summed E-state index contributed by atoms with van der Waals surface area (Å²) in [6.45, 7) is 6.91. The number of methoxy groups -OCH3 is 2. The number of hydrogen-bond donors (Lipinski definition) is 1. The number of anilines is 1. The van der Waals surface area contributed by atoms with Crippen molar-refractivity contribution in [2.75, 3.05) is 32.6 Å². The summed E-state index contributed by atoms with van der Waals surface area (Å²) in [5.74, 6) is 1.12. The summed E-state index contributed by atoms with van der Waals surface area (Å²) in [4.78, 5) is 27.4. The highest BCUT2D eigenvalue weighted by Gasteiger charge is 2.40. The molecule has 0 bridgehead atoms. The molecule has 1 N–H and O–H groups in total. The van der Waals surface area contributed by atoms with E-state index in [0.717, 1.165) is 19.4 Å². The molecule has 0 spiro atoms. The van der Waals surface area contributed by atoms with Crippen molar-refractivity contribution in [3.05, 3.63) is 18.2 Å². The molecular weight excluding hydrogens is 320 g/mol. The molecule has 1 unspecified atom stereocenters. The van der Waals surface area contributed by atoms with E-state index in [1.54, 1.807) is 39.2 Å². The molecule has 1 fully saturated rings. The molecule has 2 rings (SSSR count). The molecule has 0 aliphatic carbocycles. The molecule has 0 saturated carbocycles. The van der Waals surface area contributed by atoms with E-state index in [-0.39, 0.29) is 11.8 Å². The molecule has 25 heavy (non-hydrogen) atoms. The van der Waals surface area contributed by atoms with Crippen LogP contribution in [0.5, 0.6) is 11.5 Å². The van der Waals surface area contributed by atoms with Gasteiger partial charge < -0.3 is 19.7 Å². The summed E-state index contributed by atoms with van der Waals surface area (Å²) in [7, 11) is 3.09. The van der Waals surface area contributed by atoms with Crippen LogP contribution in [0.15, 0.2) is 18.2 Å². The number of carbonyl (C=O) groups is 2. The van der Waals surface area contributed by atoms with Crippen LogP contribution < -0.4 is 14.8 Å². The maximum atomic E-state index is 12.8. The van der Waals surface area contributed by atoms with Crippen molar-refractivity contribution in [2.45, 2.75) is 33.6 Å². The number of nitrogens with zero attached hydrogens (tertiary/aromatic N) is 1. The monoisotopic (exact) mass is 348 g/mol. The van der Waals surface area contributed by atoms with Crippen LogP contribution in [-0.2, 0) is 9.59 Å². The highest BCUT2D eigenvalue weighted by atomic mass is 16.5. The van der Waals surface area contributed by atoms with Gasteiger partial charge in [0.1, 0.15) is 5.41 Å². The zero-order chi connectivity index (χ0) is 18.6. The van der Waals surface area contributed by atoms with Crippen LogP contribution >= 0.6 is 0 Å². The summed E-state index contributed by atoms with van der Waals surface area (Å²) in [5, 5.41) is 2.82. The molecule has 1 aromatic rings. The van der Waals surface area contributed by atoms with Gasteiger partial charge in [-0.2, -0.15) is 0 Å². The molecule has 1 aromatic carbocycles. The van der Waals surface area contributed by atoms with Crippen LogP contribution in [0, 0.1) is 11.3 Å². The van der Waals surface area contributed by atoms with Crippen LogP contribution in [0.2, 0.25) is 0 Å². The standard InChI is InChI=1S/C19H28N2O4/c1-13-7-6-10-21(12-13)18(23)19(2,3)17(22)20-14-8-9-15(24-4)16(11-14)25-5/h8-9,11,13H,6-7,10,12H2,1-5H3,(H,20,22). The van der Waals surface area contributed by atoms with E-state index < -0.39 is 5.41 Å². The van der Waals surface area contributed by atoms with Gasteiger partial charge in [0.25, 0.3) is 0 Å². The molecule has 0 radical (unpaired) electrons. The fourth-order valence-electron chi connectivity index (χ4n) is 3.07. The lowest BCUT2D eigenvalue weighted by Crippen LogP contribution is -2.50. The van der Waals surface area contributed by atoms with Crippen molar-refractivity contribution >= 4 is 17.5 Å². The number of hydrogen-bond acceptors (Lipinski definition) is 4. The summed E-state index contributed by atoms with van der Waals surface area (Å²) in [6.07, 6.45) is 2.11. The van der Waals surface area contributed by atoms with E-state index in [4.69, 9.17) is 9.47 Å². The highest BCUT2D eigenvalue weighted by molar-refractivity contribution is 6.09. The van der Waals surface area contributed by atoms with Crippen molar-refractivity contribution in [1.29, 1.82) is 0 Å². The van der Waals surface area contributed by atoms with Crippen LogP contribution in [0.25, 0.3) is 0 Å². The number of ether oxygens (including phenoxy) is 2. The zero-order valence-electron chi connectivity index (χ0n) is 15.7. The number of benzene rings is 1. The van der Waals surface area contributed by atoms with E-state index in [9.17, 15) is 9.59 Å². The summed E-state index contributed by atoms with van der Waals surface area (Å²) >= 11 is 0. The first-order valence-electron chi connectivity index (χ1n) is 8.62. The predicted molar refractivity (Wildman–Crippen MR) is 96.9 cm³/mol. The Morgan fingerprint density at radius 3 is 2.48 bits per heavy atom. The Morgan fingerprint density at radius 1 is 1.20 bits per heavy atom. The largest absolute Gasteiger partial charge is 0.493 e. The lowest BCUT2D eigenvalue weighted by molar-refractivity contribution is -0.147. The fourth-order valence-corrected chi connectivity index (χ4v) is 3.07. The van der Waals surface area contributed by atoms with Gasteiger partial charge in [0.05, 0.1) is 14.2 Å². The Labute approximate surface area is 149 Å². The number of carbonyl (C=O) groups excluding carboxylic acids is 2. The molecule has 2 amide bonds. The second kappa shape index (κ2) is 7.76. The number of rotatable bonds is 5. The van der Waals surface area contributed by atoms with Gasteiger partial charge in [-0.15, -0.1) is 0 Å². The van der Waals surface area contributed by atoms with Crippen LogP contribution in [0.3, 0.4) is 0 Å². The molecule has 6 heteroatoms. The van der Waals surface area contributed by atoms with Crippen LogP contribution in [-0.4, -0.2) is 44.0 Å². The quantitative estimate of drug-likeness (QED) is 0.831. The van der Waals surface area contributed by atoms with Gasteiger partial charge in [-0.05, 0) is 44.7 Å². The molecule has 1 atom stereocenters. The zero-order valence-corrected chi connectivity index (χ0v) is 15.7. The maximum Gasteiger partial charge on any atom is 0.239 e. The first-order chi connectivity index (χ1) is 11.8. The van der Waals surface area contributed by atoms with E-state index in [2.05, 4.69) is 12.2 Å².